The van der Waals surface area contributed by atoms with Crippen molar-refractivity contribution < 1.29 is 110 Å². The summed E-state index contributed by atoms with van der Waals surface area (Å²) in [5.41, 5.74) is 2.02. The van der Waals surface area contributed by atoms with Gasteiger partial charge in [-0.2, -0.15) is 33.7 Å². The summed E-state index contributed by atoms with van der Waals surface area (Å²) in [5.74, 6) is 0.135. The second-order valence-corrected chi connectivity index (χ2v) is 44.0. The van der Waals surface area contributed by atoms with E-state index in [0.29, 0.717) is 142 Å². The van der Waals surface area contributed by atoms with Crippen molar-refractivity contribution >= 4 is 227 Å². The van der Waals surface area contributed by atoms with Crippen LogP contribution < -0.4 is 0 Å². The molecule has 12 aromatic carbocycles. The van der Waals surface area contributed by atoms with Crippen molar-refractivity contribution in [2.75, 3.05) is 0 Å². The third-order valence-corrected chi connectivity index (χ3v) is 32.8. The van der Waals surface area contributed by atoms with Crippen LogP contribution >= 0.6 is 142 Å². The largest absolute Gasteiger partial charge is 0.324 e. The summed E-state index contributed by atoms with van der Waals surface area (Å²) in [5, 5.41) is 53.8. The predicted molar refractivity (Wildman–Crippen MR) is 482 cm³/mol. The maximum Gasteiger partial charge on any atom is 0.294 e. The van der Waals surface area contributed by atoms with Gasteiger partial charge in [0, 0.05) is 142 Å². The highest BCUT2D eigenvalue weighted by Crippen LogP contribution is 2.54. The van der Waals surface area contributed by atoms with E-state index >= 15 is 0 Å². The first-order valence-electron chi connectivity index (χ1n) is 35.9. The van der Waals surface area contributed by atoms with Gasteiger partial charge in [-0.1, -0.05) is 114 Å². The van der Waals surface area contributed by atoms with Crippen LogP contribution in [0, 0.1) is 0 Å². The molecule has 0 amide bonds. The molecule has 128 heavy (non-hydrogen) atoms. The molecule has 650 valence electrons. The van der Waals surface area contributed by atoms with Crippen LogP contribution in [-0.4, -0.2) is 113 Å². The molecule has 0 atom stereocenters. The van der Waals surface area contributed by atoms with Crippen molar-refractivity contribution in [1.82, 2.24) is 39.9 Å². The Morgan fingerprint density at radius 1 is 0.211 bits per heavy atom. The number of rotatable bonds is 32. The van der Waals surface area contributed by atoms with E-state index in [0.717, 1.165) is 48.2 Å². The van der Waals surface area contributed by atoms with Crippen LogP contribution in [0.2, 0.25) is 0 Å². The molecule has 0 aliphatic carbocycles. The standard InChI is InChI=1S/C80H50N8O24S16/c89-105-109-121-49-9-1-41(2-10-49)113-57-33-34-58(114-42-3-11-50(12-4-42)122-110-106-90)66-65(57)73-81-74(66)83-76-68-60(116-44-7-15-52(16-8-44)124-112-108-92)36-38-62(118-46-19-27-54(28-20-46)126(96,97)98)70(68)78(85-76)87-80-72-64(120-48-23-31-56(32-24-48)128(102,103)104)40-39-63(119-47-21-29-55(30-22-47)127(99,100)101)71(72)79(88-80)86-77-69-61(117-45-17-25-53(26-18-45)125(93,94)95)37-35-59(67(69)75(82-73)84-77)115-43-5-13-51(14-6-43)123-111-107-91/h1-40,89-92H,(H,93,94,95)(H,96,97,98)(H,99,100,101)(H,102,103,104)(H2,81,82,83,84,85,86,87,88). The first kappa shape index (κ1) is 91.3. The van der Waals surface area contributed by atoms with E-state index in [1.165, 1.54) is 191 Å². The lowest BCUT2D eigenvalue weighted by Crippen LogP contribution is -1.97. The Balaban J connectivity index is 1.04. The van der Waals surface area contributed by atoms with Crippen LogP contribution in [0.3, 0.4) is 0 Å². The van der Waals surface area contributed by atoms with Gasteiger partial charge in [0.2, 0.25) is 0 Å². The average Bonchev–Trinajstić information content (AvgIpc) is 1.57. The molecule has 0 unspecified atom stereocenters. The molecule has 2 aliphatic heterocycles. The van der Waals surface area contributed by atoms with Crippen LogP contribution in [0.4, 0.5) is 0 Å². The third kappa shape index (κ3) is 21.0. The Morgan fingerprint density at radius 3 is 0.539 bits per heavy atom. The highest BCUT2D eigenvalue weighted by atomic mass is 32.2. The van der Waals surface area contributed by atoms with Gasteiger partial charge >= 0.3 is 0 Å². The normalized spacial score (nSPS) is 12.3. The van der Waals surface area contributed by atoms with E-state index in [1.54, 1.807) is 60.7 Å². The summed E-state index contributed by atoms with van der Waals surface area (Å²) < 4.78 is 161. The number of hydrogen-bond donors (Lipinski definition) is 10. The zero-order valence-corrected chi connectivity index (χ0v) is 76.5. The van der Waals surface area contributed by atoms with Crippen molar-refractivity contribution in [3.05, 3.63) is 243 Å². The van der Waals surface area contributed by atoms with E-state index in [-0.39, 0.29) is 55.7 Å². The van der Waals surface area contributed by atoms with Crippen molar-refractivity contribution in [1.29, 1.82) is 0 Å². The number of nitrogens with one attached hydrogen (secondary N) is 2. The first-order chi connectivity index (χ1) is 61.7. The summed E-state index contributed by atoms with van der Waals surface area (Å²) in [6.07, 6.45) is 0. The molecular formula is C80H50N8O24S16. The quantitative estimate of drug-likeness (QED) is 0.00810. The van der Waals surface area contributed by atoms with Gasteiger partial charge in [0.05, 0.1) is 67.8 Å². The predicted octanol–water partition coefficient (Wildman–Crippen LogP) is 22.8. The second-order valence-electron chi connectivity index (χ2n) is 26.2. The first-order valence-corrected chi connectivity index (χ1v) is 51.2. The summed E-state index contributed by atoms with van der Waals surface area (Å²) in [7, 11) is -18.8. The van der Waals surface area contributed by atoms with Gasteiger partial charge in [-0.05, 0) is 243 Å². The van der Waals surface area contributed by atoms with Crippen molar-refractivity contribution in [3.8, 4) is 45.6 Å². The highest BCUT2D eigenvalue weighted by Gasteiger charge is 2.33. The van der Waals surface area contributed by atoms with Crippen molar-refractivity contribution in [2.45, 2.75) is 117 Å². The molecule has 5 heterocycles. The molecule has 0 saturated carbocycles. The molecule has 0 radical (unpaired) electrons. The summed E-state index contributed by atoms with van der Waals surface area (Å²) in [6, 6.07) is 65.4. The molecule has 15 aromatic rings. The maximum atomic E-state index is 12.6. The number of nitrogens with zero attached hydrogens (tertiary/aromatic N) is 6. The molecule has 3 aromatic heterocycles. The van der Waals surface area contributed by atoms with Gasteiger partial charge in [0.25, 0.3) is 40.5 Å². The van der Waals surface area contributed by atoms with Gasteiger partial charge in [-0.15, -0.1) is 17.3 Å². The number of benzene rings is 12. The minimum Gasteiger partial charge on any atom is -0.324 e. The van der Waals surface area contributed by atoms with E-state index < -0.39 is 50.3 Å². The van der Waals surface area contributed by atoms with E-state index in [1.807, 2.05) is 84.9 Å². The average molecular weight is 2020 g/mol. The molecule has 48 heteroatoms. The fraction of sp³-hybridized carbons (Fsp3) is 0. The number of aromatic nitrogens is 8. The minimum absolute atomic E-state index is 0.0124. The molecule has 0 spiro atoms. The van der Waals surface area contributed by atoms with Crippen LogP contribution in [0.5, 0.6) is 0 Å². The molecule has 32 nitrogen and oxygen atoms in total. The number of H-pyrrole nitrogens is 2. The molecule has 17 rings (SSSR count). The highest BCUT2D eigenvalue weighted by molar-refractivity contribution is 8.02. The molecule has 0 saturated heterocycles. The lowest BCUT2D eigenvalue weighted by atomic mass is 10.1. The third-order valence-electron chi connectivity index (χ3n) is 18.4. The second kappa shape index (κ2) is 39.4. The monoisotopic (exact) mass is 2020 g/mol. The van der Waals surface area contributed by atoms with Crippen molar-refractivity contribution in [3.63, 3.8) is 0 Å². The van der Waals surface area contributed by atoms with Crippen LogP contribution in [0.15, 0.2) is 360 Å². The molecule has 10 N–H and O–H groups in total. The smallest absolute Gasteiger partial charge is 0.294 e. The number of hydrogen-bond acceptors (Lipinski definition) is 38. The van der Waals surface area contributed by atoms with E-state index in [4.69, 9.17) is 68.3 Å². The molecule has 8 bridgehead atoms. The Bertz CT molecular complexity index is 7050. The van der Waals surface area contributed by atoms with Gasteiger partial charge in [0.1, 0.15) is 22.6 Å². The van der Waals surface area contributed by atoms with Gasteiger partial charge in [-0.25, -0.2) is 50.9 Å². The Kier molecular flexibility index (Phi) is 28.1. The summed E-state index contributed by atoms with van der Waals surface area (Å²) >= 11 is 13.0. The lowest BCUT2D eigenvalue weighted by Gasteiger charge is -2.13. The zero-order chi connectivity index (χ0) is 89.2. The lowest BCUT2D eigenvalue weighted by molar-refractivity contribution is -0.432. The SMILES string of the molecule is O=S(=O)(O)c1ccc(Sc2ccc(Sc3ccc(SOOO)cc3)c3c2-c2nc-3nc3[nH]c(nc4nc(nc5[nH]c(n2)c2c(Sc6ccc(S(=O)(=O)O)cc6)ccc(Sc6ccc(S(=O)(=O)O)cc6)c52)-c2c(Sc5ccc(S(=O)(=O)O)cc5)ccc(Sc5ccc(SOOO)cc5)c2-4)c2c(Sc4ccc(SOOO)cc4)ccc(Sc4ccc(SOOO)cc4)c32)cc1. The Labute approximate surface area is 775 Å². The Morgan fingerprint density at radius 2 is 0.367 bits per heavy atom. The van der Waals surface area contributed by atoms with Crippen LogP contribution in [0.25, 0.3) is 89.7 Å². The maximum absolute atomic E-state index is 12.6. The van der Waals surface area contributed by atoms with Gasteiger partial charge in [0.15, 0.2) is 23.3 Å². The van der Waals surface area contributed by atoms with Gasteiger partial charge < -0.3 is 9.97 Å². The molecule has 0 fully saturated rings. The summed E-state index contributed by atoms with van der Waals surface area (Å²) in [6.45, 7) is 0. The van der Waals surface area contributed by atoms with Crippen LogP contribution in [0.1, 0.15) is 0 Å². The van der Waals surface area contributed by atoms with Crippen molar-refractivity contribution in [2.24, 2.45) is 0 Å². The molecule has 2 aliphatic rings. The number of fused-ring (bicyclic) bond motifs is 20. The Hall–Kier alpha value is -8.64. The fourth-order valence-corrected chi connectivity index (χ4v) is 24.0. The van der Waals surface area contributed by atoms with Crippen LogP contribution in [-0.2, 0) is 78.0 Å². The zero-order valence-electron chi connectivity index (χ0n) is 63.4. The fourth-order valence-electron chi connectivity index (χ4n) is 13.0. The minimum atomic E-state index is -4.69. The van der Waals surface area contributed by atoms with E-state index in [2.05, 4.69) is 30.1 Å². The topological polar surface area (TPSA) is 481 Å². The summed E-state index contributed by atoms with van der Waals surface area (Å²) in [4.78, 5) is 50.7. The van der Waals surface area contributed by atoms with E-state index in [9.17, 15) is 51.9 Å². The molecular weight excluding hydrogens is 1970 g/mol. The van der Waals surface area contributed by atoms with Gasteiger partial charge in [-0.3, -0.25) is 18.2 Å². The number of aromatic amines is 2.